The number of hydrogen-bond acceptors (Lipinski definition) is 5. The standard InChI is InChI=1S/C17H15F2NO5/c1-17(2,16(21)24-3)10-4-6-12(7-5-10)25-14-9-11(18)8-13(19)15(14)20(22)23/h4-9H,1-3H3. The van der Waals surface area contributed by atoms with E-state index < -0.39 is 39.4 Å². The molecule has 25 heavy (non-hydrogen) atoms. The molecular formula is C17H15F2NO5. The number of rotatable bonds is 5. The van der Waals surface area contributed by atoms with Gasteiger partial charge in [-0.1, -0.05) is 12.1 Å². The highest BCUT2D eigenvalue weighted by Gasteiger charge is 2.31. The summed E-state index contributed by atoms with van der Waals surface area (Å²) in [5.41, 5.74) is -1.25. The molecule has 0 unspecified atom stereocenters. The summed E-state index contributed by atoms with van der Waals surface area (Å²) in [5.74, 6) is -3.20. The Hall–Kier alpha value is -3.03. The molecule has 0 saturated carbocycles. The van der Waals surface area contributed by atoms with Crippen molar-refractivity contribution in [1.29, 1.82) is 0 Å². The summed E-state index contributed by atoms with van der Waals surface area (Å²) in [6.45, 7) is 3.34. The smallest absolute Gasteiger partial charge is 0.347 e. The average Bonchev–Trinajstić information content (AvgIpc) is 2.53. The first-order valence-electron chi connectivity index (χ1n) is 7.17. The molecule has 0 N–H and O–H groups in total. The van der Waals surface area contributed by atoms with Gasteiger partial charge in [0.15, 0.2) is 0 Å². The second kappa shape index (κ2) is 6.84. The quantitative estimate of drug-likeness (QED) is 0.460. The predicted molar refractivity (Wildman–Crippen MR) is 84.6 cm³/mol. The number of benzene rings is 2. The molecular weight excluding hydrogens is 336 g/mol. The summed E-state index contributed by atoms with van der Waals surface area (Å²) >= 11 is 0. The van der Waals surface area contributed by atoms with Gasteiger partial charge in [0, 0.05) is 12.1 Å². The van der Waals surface area contributed by atoms with Crippen molar-refractivity contribution in [3.8, 4) is 11.5 Å². The lowest BCUT2D eigenvalue weighted by molar-refractivity contribution is -0.388. The Morgan fingerprint density at radius 3 is 2.28 bits per heavy atom. The Kier molecular flexibility index (Phi) is 5.01. The van der Waals surface area contributed by atoms with E-state index in [-0.39, 0.29) is 5.75 Å². The molecule has 0 heterocycles. The van der Waals surface area contributed by atoms with E-state index in [2.05, 4.69) is 0 Å². The van der Waals surface area contributed by atoms with Crippen LogP contribution in [0.1, 0.15) is 19.4 Å². The third-order valence-corrected chi connectivity index (χ3v) is 3.68. The van der Waals surface area contributed by atoms with Crippen molar-refractivity contribution in [1.82, 2.24) is 0 Å². The van der Waals surface area contributed by atoms with Crippen molar-refractivity contribution in [2.45, 2.75) is 19.3 Å². The van der Waals surface area contributed by atoms with Gasteiger partial charge in [0.05, 0.1) is 17.4 Å². The van der Waals surface area contributed by atoms with E-state index in [0.29, 0.717) is 11.6 Å². The largest absolute Gasteiger partial charge is 0.468 e. The van der Waals surface area contributed by atoms with Gasteiger partial charge in [-0.3, -0.25) is 14.9 Å². The minimum atomic E-state index is -1.33. The van der Waals surface area contributed by atoms with Crippen LogP contribution in [0, 0.1) is 21.7 Å². The molecule has 8 heteroatoms. The van der Waals surface area contributed by atoms with Gasteiger partial charge in [0.25, 0.3) is 0 Å². The zero-order valence-corrected chi connectivity index (χ0v) is 13.7. The van der Waals surface area contributed by atoms with E-state index in [1.54, 1.807) is 26.0 Å². The molecule has 0 amide bonds. The van der Waals surface area contributed by atoms with Gasteiger partial charge in [-0.15, -0.1) is 0 Å². The fraction of sp³-hybridized carbons (Fsp3) is 0.235. The van der Waals surface area contributed by atoms with E-state index in [1.807, 2.05) is 0 Å². The van der Waals surface area contributed by atoms with Gasteiger partial charge in [-0.25, -0.2) is 4.39 Å². The topological polar surface area (TPSA) is 78.7 Å². The number of carbonyl (C=O) groups is 1. The predicted octanol–water partition coefficient (Wildman–Crippen LogP) is 4.12. The SMILES string of the molecule is COC(=O)C(C)(C)c1ccc(Oc2cc(F)cc(F)c2[N+](=O)[O-])cc1. The second-order valence-electron chi connectivity index (χ2n) is 5.73. The Morgan fingerprint density at radius 1 is 1.16 bits per heavy atom. The Balaban J connectivity index is 2.34. The lowest BCUT2D eigenvalue weighted by atomic mass is 9.85. The molecule has 6 nitrogen and oxygen atoms in total. The van der Waals surface area contributed by atoms with Gasteiger partial charge in [-0.05, 0) is 31.5 Å². The van der Waals surface area contributed by atoms with E-state index in [0.717, 1.165) is 6.07 Å². The molecule has 132 valence electrons. The first-order valence-corrected chi connectivity index (χ1v) is 7.17. The third kappa shape index (κ3) is 3.73. The van der Waals surface area contributed by atoms with Crippen LogP contribution in [0.5, 0.6) is 11.5 Å². The Labute approximate surface area is 142 Å². The summed E-state index contributed by atoms with van der Waals surface area (Å²) in [6.07, 6.45) is 0. The minimum absolute atomic E-state index is 0.123. The number of methoxy groups -OCH3 is 1. The summed E-state index contributed by atoms with van der Waals surface area (Å²) in [4.78, 5) is 21.8. The molecule has 0 bridgehead atoms. The fourth-order valence-electron chi connectivity index (χ4n) is 2.24. The molecule has 0 aliphatic heterocycles. The number of ether oxygens (including phenoxy) is 2. The van der Waals surface area contributed by atoms with Crippen molar-refractivity contribution in [3.63, 3.8) is 0 Å². The van der Waals surface area contributed by atoms with Gasteiger partial charge in [0.1, 0.15) is 11.6 Å². The first-order chi connectivity index (χ1) is 11.7. The van der Waals surface area contributed by atoms with E-state index in [9.17, 15) is 23.7 Å². The van der Waals surface area contributed by atoms with E-state index in [1.165, 1.54) is 19.2 Å². The Morgan fingerprint density at radius 2 is 1.76 bits per heavy atom. The average molecular weight is 351 g/mol. The molecule has 2 aromatic rings. The number of nitro benzene ring substituents is 1. The van der Waals surface area contributed by atoms with Crippen LogP contribution >= 0.6 is 0 Å². The van der Waals surface area contributed by atoms with Crippen molar-refractivity contribution >= 4 is 11.7 Å². The third-order valence-electron chi connectivity index (χ3n) is 3.68. The maximum atomic E-state index is 13.6. The summed E-state index contributed by atoms with van der Waals surface area (Å²) in [5, 5.41) is 10.9. The van der Waals surface area contributed by atoms with Crippen molar-refractivity contribution in [2.24, 2.45) is 0 Å². The van der Waals surface area contributed by atoms with Crippen molar-refractivity contribution in [3.05, 3.63) is 63.7 Å². The van der Waals surface area contributed by atoms with Crippen LogP contribution in [0.4, 0.5) is 14.5 Å². The van der Waals surface area contributed by atoms with Crippen molar-refractivity contribution in [2.75, 3.05) is 7.11 Å². The summed E-state index contributed by atoms with van der Waals surface area (Å²) in [6, 6.07) is 7.14. The lowest BCUT2D eigenvalue weighted by Gasteiger charge is -2.22. The van der Waals surface area contributed by atoms with Gasteiger partial charge >= 0.3 is 11.7 Å². The molecule has 0 aliphatic carbocycles. The van der Waals surface area contributed by atoms with Crippen molar-refractivity contribution < 1.29 is 28.0 Å². The maximum absolute atomic E-state index is 13.6. The fourth-order valence-corrected chi connectivity index (χ4v) is 2.24. The van der Waals surface area contributed by atoms with Crippen LogP contribution < -0.4 is 4.74 Å². The highest BCUT2D eigenvalue weighted by Crippen LogP contribution is 2.35. The molecule has 0 aliphatic rings. The first kappa shape index (κ1) is 18.3. The van der Waals surface area contributed by atoms with E-state index in [4.69, 9.17) is 9.47 Å². The van der Waals surface area contributed by atoms with Crippen LogP contribution in [0.25, 0.3) is 0 Å². The molecule has 2 aromatic carbocycles. The molecule has 0 aromatic heterocycles. The number of hydrogen-bond donors (Lipinski definition) is 0. The molecule has 0 atom stereocenters. The number of carbonyl (C=O) groups excluding carboxylic acids is 1. The highest BCUT2D eigenvalue weighted by atomic mass is 19.1. The highest BCUT2D eigenvalue weighted by molar-refractivity contribution is 5.82. The van der Waals surface area contributed by atoms with Crippen LogP contribution in [0.15, 0.2) is 36.4 Å². The second-order valence-corrected chi connectivity index (χ2v) is 5.73. The molecule has 0 spiro atoms. The maximum Gasteiger partial charge on any atom is 0.347 e. The van der Waals surface area contributed by atoms with Crippen LogP contribution in [-0.2, 0) is 14.9 Å². The number of halogens is 2. The lowest BCUT2D eigenvalue weighted by Crippen LogP contribution is -2.30. The van der Waals surface area contributed by atoms with Crippen LogP contribution in [0.3, 0.4) is 0 Å². The van der Waals surface area contributed by atoms with E-state index >= 15 is 0 Å². The normalized spacial score (nSPS) is 11.1. The summed E-state index contributed by atoms with van der Waals surface area (Å²) < 4.78 is 36.9. The number of esters is 1. The number of nitrogens with zero attached hydrogens (tertiary/aromatic N) is 1. The van der Waals surface area contributed by atoms with Gasteiger partial charge in [0.2, 0.25) is 11.6 Å². The summed E-state index contributed by atoms with van der Waals surface area (Å²) in [7, 11) is 1.28. The van der Waals surface area contributed by atoms with Crippen LogP contribution in [-0.4, -0.2) is 18.0 Å². The molecule has 2 rings (SSSR count). The zero-order chi connectivity index (χ0) is 18.8. The molecule has 0 fully saturated rings. The zero-order valence-electron chi connectivity index (χ0n) is 13.7. The number of nitro groups is 1. The molecule has 0 radical (unpaired) electrons. The van der Waals surface area contributed by atoms with Gasteiger partial charge < -0.3 is 9.47 Å². The minimum Gasteiger partial charge on any atom is -0.468 e. The Bertz CT molecular complexity index is 819. The molecule has 0 saturated heterocycles. The van der Waals surface area contributed by atoms with Gasteiger partial charge in [-0.2, -0.15) is 4.39 Å². The van der Waals surface area contributed by atoms with Crippen LogP contribution in [0.2, 0.25) is 0 Å². The monoisotopic (exact) mass is 351 g/mol.